The normalized spacial score (nSPS) is 10.4. The highest BCUT2D eigenvalue weighted by molar-refractivity contribution is 6.30. The average Bonchev–Trinajstić information content (AvgIpc) is 2.75. The average molecular weight is 239 g/mol. The molecule has 0 atom stereocenters. The molecule has 0 saturated heterocycles. The molecule has 1 heterocycles. The predicted molar refractivity (Wildman–Crippen MR) is 58.2 cm³/mol. The van der Waals surface area contributed by atoms with Gasteiger partial charge >= 0.3 is 0 Å². The topological polar surface area (TPSA) is 30.2 Å². The second-order valence-corrected chi connectivity index (χ2v) is 3.78. The Labute approximate surface area is 96.6 Å². The second kappa shape index (κ2) is 4.49. The summed E-state index contributed by atoms with van der Waals surface area (Å²) in [4.78, 5) is 11.7. The minimum atomic E-state index is -0.468. The van der Waals surface area contributed by atoms with Crippen LogP contribution in [-0.4, -0.2) is 5.78 Å². The molecule has 16 heavy (non-hydrogen) atoms. The van der Waals surface area contributed by atoms with Gasteiger partial charge in [-0.1, -0.05) is 17.7 Å². The highest BCUT2D eigenvalue weighted by Gasteiger charge is 2.11. The van der Waals surface area contributed by atoms with Crippen molar-refractivity contribution in [3.63, 3.8) is 0 Å². The van der Waals surface area contributed by atoms with Crippen LogP contribution in [0.25, 0.3) is 0 Å². The molecule has 0 N–H and O–H groups in total. The number of halogens is 2. The van der Waals surface area contributed by atoms with Gasteiger partial charge in [0.25, 0.3) is 0 Å². The van der Waals surface area contributed by atoms with Crippen LogP contribution < -0.4 is 0 Å². The number of Topliss-reactive ketones (excluding diaryl/α,β-unsaturated/α-hetero) is 1. The van der Waals surface area contributed by atoms with Crippen molar-refractivity contribution in [1.82, 2.24) is 0 Å². The summed E-state index contributed by atoms with van der Waals surface area (Å²) in [5.41, 5.74) is 0.768. The van der Waals surface area contributed by atoms with E-state index in [1.807, 2.05) is 0 Å². The number of benzene rings is 1. The van der Waals surface area contributed by atoms with E-state index in [-0.39, 0.29) is 12.2 Å². The van der Waals surface area contributed by atoms with Crippen LogP contribution in [0.1, 0.15) is 15.9 Å². The number of furan rings is 1. The van der Waals surface area contributed by atoms with Crippen LogP contribution >= 0.6 is 11.6 Å². The quantitative estimate of drug-likeness (QED) is 0.766. The molecule has 0 fully saturated rings. The molecule has 0 amide bonds. The van der Waals surface area contributed by atoms with Crippen molar-refractivity contribution in [2.45, 2.75) is 6.42 Å². The molecule has 0 aliphatic heterocycles. The lowest BCUT2D eigenvalue weighted by atomic mass is 10.1. The summed E-state index contributed by atoms with van der Waals surface area (Å²) in [5.74, 6) is -0.653. The first-order valence-electron chi connectivity index (χ1n) is 4.66. The number of carbonyl (C=O) groups excluding carboxylic acids is 1. The van der Waals surface area contributed by atoms with Gasteiger partial charge in [0.2, 0.25) is 0 Å². The van der Waals surface area contributed by atoms with E-state index in [0.29, 0.717) is 16.1 Å². The molecule has 1 aromatic heterocycles. The highest BCUT2D eigenvalue weighted by Crippen LogP contribution is 2.16. The zero-order chi connectivity index (χ0) is 11.5. The summed E-state index contributed by atoms with van der Waals surface area (Å²) >= 11 is 5.61. The Balaban J connectivity index is 2.18. The summed E-state index contributed by atoms with van der Waals surface area (Å²) in [7, 11) is 0. The second-order valence-electron chi connectivity index (χ2n) is 3.35. The number of rotatable bonds is 3. The van der Waals surface area contributed by atoms with Gasteiger partial charge in [0, 0.05) is 11.4 Å². The molecule has 1 aromatic carbocycles. The van der Waals surface area contributed by atoms with Crippen LogP contribution in [0.4, 0.5) is 4.39 Å². The number of ketones is 1. The summed E-state index contributed by atoms with van der Waals surface area (Å²) in [6, 6.07) is 5.81. The van der Waals surface area contributed by atoms with Gasteiger partial charge in [-0.25, -0.2) is 4.39 Å². The van der Waals surface area contributed by atoms with Gasteiger partial charge in [0.05, 0.1) is 11.8 Å². The minimum absolute atomic E-state index is 0.00252. The van der Waals surface area contributed by atoms with Crippen LogP contribution in [0.3, 0.4) is 0 Å². The molecule has 0 saturated carbocycles. The molecule has 4 heteroatoms. The molecule has 0 aliphatic rings. The molecular weight excluding hydrogens is 231 g/mol. The number of hydrogen-bond acceptors (Lipinski definition) is 2. The zero-order valence-corrected chi connectivity index (χ0v) is 9.00. The molecule has 2 nitrogen and oxygen atoms in total. The molecule has 82 valence electrons. The van der Waals surface area contributed by atoms with Crippen LogP contribution in [0, 0.1) is 5.82 Å². The van der Waals surface area contributed by atoms with Gasteiger partial charge in [-0.2, -0.15) is 0 Å². The summed E-state index contributed by atoms with van der Waals surface area (Å²) in [5, 5.41) is 0.317. The van der Waals surface area contributed by atoms with Crippen LogP contribution in [0.5, 0.6) is 0 Å². The molecule has 0 spiro atoms. The van der Waals surface area contributed by atoms with Crippen molar-refractivity contribution in [1.29, 1.82) is 0 Å². The Morgan fingerprint density at radius 3 is 2.81 bits per heavy atom. The third-order valence-corrected chi connectivity index (χ3v) is 2.44. The molecule has 0 unspecified atom stereocenters. The van der Waals surface area contributed by atoms with Gasteiger partial charge in [-0.15, -0.1) is 0 Å². The molecular formula is C12H8ClFO2. The van der Waals surface area contributed by atoms with Crippen molar-refractivity contribution < 1.29 is 13.6 Å². The van der Waals surface area contributed by atoms with Crippen LogP contribution in [0.15, 0.2) is 41.2 Å². The van der Waals surface area contributed by atoms with E-state index in [1.165, 1.54) is 24.7 Å². The SMILES string of the molecule is O=C(Cc1ccc(Cl)cc1F)c1ccoc1. The number of hydrogen-bond donors (Lipinski definition) is 0. The van der Waals surface area contributed by atoms with E-state index in [9.17, 15) is 9.18 Å². The van der Waals surface area contributed by atoms with Crippen molar-refractivity contribution in [2.75, 3.05) is 0 Å². The highest BCUT2D eigenvalue weighted by atomic mass is 35.5. The van der Waals surface area contributed by atoms with E-state index in [2.05, 4.69) is 0 Å². The van der Waals surface area contributed by atoms with E-state index in [0.717, 1.165) is 0 Å². The molecule has 2 rings (SSSR count). The summed E-state index contributed by atoms with van der Waals surface area (Å²) in [6.45, 7) is 0. The summed E-state index contributed by atoms with van der Waals surface area (Å²) < 4.78 is 18.2. The lowest BCUT2D eigenvalue weighted by Gasteiger charge is -2.01. The Morgan fingerprint density at radius 1 is 1.38 bits per heavy atom. The standard InChI is InChI=1S/C12H8ClFO2/c13-10-2-1-8(11(14)6-10)5-12(15)9-3-4-16-7-9/h1-4,6-7H,5H2. The van der Waals surface area contributed by atoms with Gasteiger partial charge in [-0.05, 0) is 23.8 Å². The first-order valence-corrected chi connectivity index (χ1v) is 5.04. The van der Waals surface area contributed by atoms with Crippen molar-refractivity contribution >= 4 is 17.4 Å². The first kappa shape index (κ1) is 10.9. The Morgan fingerprint density at radius 2 is 2.19 bits per heavy atom. The molecule has 0 bridgehead atoms. The van der Waals surface area contributed by atoms with Crippen molar-refractivity contribution in [3.8, 4) is 0 Å². The van der Waals surface area contributed by atoms with Crippen molar-refractivity contribution in [2.24, 2.45) is 0 Å². The zero-order valence-electron chi connectivity index (χ0n) is 8.24. The first-order chi connectivity index (χ1) is 7.66. The van der Waals surface area contributed by atoms with Gasteiger partial charge in [-0.3, -0.25) is 4.79 Å². The van der Waals surface area contributed by atoms with Crippen LogP contribution in [-0.2, 0) is 6.42 Å². The minimum Gasteiger partial charge on any atom is -0.472 e. The van der Waals surface area contributed by atoms with Crippen molar-refractivity contribution in [3.05, 3.63) is 58.8 Å². The van der Waals surface area contributed by atoms with Gasteiger partial charge in [0.15, 0.2) is 5.78 Å². The van der Waals surface area contributed by atoms with Gasteiger partial charge in [0.1, 0.15) is 12.1 Å². The van der Waals surface area contributed by atoms with E-state index in [1.54, 1.807) is 12.1 Å². The largest absolute Gasteiger partial charge is 0.472 e. The smallest absolute Gasteiger partial charge is 0.170 e. The van der Waals surface area contributed by atoms with E-state index >= 15 is 0 Å². The summed E-state index contributed by atoms with van der Waals surface area (Å²) in [6.07, 6.45) is 2.75. The lowest BCUT2D eigenvalue weighted by molar-refractivity contribution is 0.0991. The molecule has 0 aliphatic carbocycles. The monoisotopic (exact) mass is 238 g/mol. The molecule has 0 radical (unpaired) electrons. The Bertz CT molecular complexity index is 506. The maximum Gasteiger partial charge on any atom is 0.170 e. The van der Waals surface area contributed by atoms with E-state index < -0.39 is 5.82 Å². The third-order valence-electron chi connectivity index (χ3n) is 2.21. The van der Waals surface area contributed by atoms with Crippen LogP contribution in [0.2, 0.25) is 5.02 Å². The fourth-order valence-corrected chi connectivity index (χ4v) is 1.52. The third kappa shape index (κ3) is 2.31. The maximum absolute atomic E-state index is 13.4. The lowest BCUT2D eigenvalue weighted by Crippen LogP contribution is -2.03. The fraction of sp³-hybridized carbons (Fsp3) is 0.0833. The maximum atomic E-state index is 13.4. The fourth-order valence-electron chi connectivity index (χ4n) is 1.36. The predicted octanol–water partition coefficient (Wildman–Crippen LogP) is 3.50. The molecule has 2 aromatic rings. The Kier molecular flexibility index (Phi) is 3.06. The van der Waals surface area contributed by atoms with Gasteiger partial charge < -0.3 is 4.42 Å². The van der Waals surface area contributed by atoms with E-state index in [4.69, 9.17) is 16.0 Å². The number of carbonyl (C=O) groups is 1. The Hall–Kier alpha value is -1.61.